The van der Waals surface area contributed by atoms with Crippen LogP contribution in [0.3, 0.4) is 0 Å². The number of hydrogen-bond donors (Lipinski definition) is 0. The molecule has 12 heavy (non-hydrogen) atoms. The minimum absolute atomic E-state index is 0.0693. The Labute approximate surface area is 74.3 Å². The van der Waals surface area contributed by atoms with Gasteiger partial charge in [0, 0.05) is 6.42 Å². The first-order chi connectivity index (χ1) is 5.68. The van der Waals surface area contributed by atoms with Crippen molar-refractivity contribution in [2.75, 3.05) is 0 Å². The van der Waals surface area contributed by atoms with Gasteiger partial charge in [-0.25, -0.2) is 0 Å². The summed E-state index contributed by atoms with van der Waals surface area (Å²) in [4.78, 5) is 0. The second-order valence-corrected chi connectivity index (χ2v) is 3.67. The molecule has 0 aliphatic rings. The fourth-order valence-corrected chi connectivity index (χ4v) is 1.26. The normalized spacial score (nSPS) is 9.83. The van der Waals surface area contributed by atoms with Gasteiger partial charge >= 0.3 is 0 Å². The molecule has 0 heterocycles. The average Bonchev–Trinajstić information content (AvgIpc) is 2.03. The van der Waals surface area contributed by atoms with Crippen LogP contribution < -0.4 is 0 Å². The van der Waals surface area contributed by atoms with Crippen LogP contribution in [0.1, 0.15) is 45.4 Å². The van der Waals surface area contributed by atoms with Crippen molar-refractivity contribution in [2.24, 2.45) is 0 Å². The molecule has 0 aliphatic carbocycles. The third-order valence-corrected chi connectivity index (χ3v) is 2.22. The van der Waals surface area contributed by atoms with E-state index in [9.17, 15) is 12.8 Å². The Kier molecular flexibility index (Phi) is 7.05. The van der Waals surface area contributed by atoms with Crippen LogP contribution in [0.2, 0.25) is 0 Å². The lowest BCUT2D eigenvalue weighted by molar-refractivity contribution is 0.614. The monoisotopic (exact) mass is 194 g/mol. The molecule has 0 N–H and O–H groups in total. The van der Waals surface area contributed by atoms with Crippen LogP contribution in [0.5, 0.6) is 0 Å². The maximum absolute atomic E-state index is 12.3. The van der Waals surface area contributed by atoms with Crippen LogP contribution >= 0.6 is 0 Å². The van der Waals surface area contributed by atoms with Crippen LogP contribution in [-0.2, 0) is 10.3 Å². The van der Waals surface area contributed by atoms with Crippen LogP contribution in [0.25, 0.3) is 0 Å². The maximum Gasteiger partial charge on any atom is 0.246 e. The van der Waals surface area contributed by atoms with Gasteiger partial charge < -0.3 is 0 Å². The fourth-order valence-electron chi connectivity index (χ4n) is 0.951. The molecular formula is C8H15FO2S. The van der Waals surface area contributed by atoms with Gasteiger partial charge in [0.25, 0.3) is 0 Å². The van der Waals surface area contributed by atoms with E-state index in [1.165, 1.54) is 0 Å². The van der Waals surface area contributed by atoms with Gasteiger partial charge in [-0.1, -0.05) is 32.6 Å². The van der Waals surface area contributed by atoms with Gasteiger partial charge in [-0.15, -0.1) is 0 Å². The van der Waals surface area contributed by atoms with Crippen molar-refractivity contribution < 1.29 is 12.8 Å². The summed E-state index contributed by atoms with van der Waals surface area (Å²) in [5, 5.41) is -0.911. The minimum Gasteiger partial charge on any atom is -0.194 e. The summed E-state index contributed by atoms with van der Waals surface area (Å²) in [5.41, 5.74) is 0. The van der Waals surface area contributed by atoms with E-state index >= 15 is 0 Å². The van der Waals surface area contributed by atoms with Gasteiger partial charge in [-0.2, -0.15) is 12.8 Å². The summed E-state index contributed by atoms with van der Waals surface area (Å²) >= 11 is 0. The number of hydrogen-bond acceptors (Lipinski definition) is 2. The zero-order valence-corrected chi connectivity index (χ0v) is 8.16. The van der Waals surface area contributed by atoms with E-state index in [1.54, 1.807) is 0 Å². The Morgan fingerprint density at radius 2 is 1.75 bits per heavy atom. The highest BCUT2D eigenvalue weighted by atomic mass is 32.2. The first kappa shape index (κ1) is 11.6. The van der Waals surface area contributed by atoms with Gasteiger partial charge in [0.05, 0.1) is 0 Å². The molecule has 0 aromatic rings. The Morgan fingerprint density at radius 3 is 2.25 bits per heavy atom. The molecule has 0 amide bonds. The van der Waals surface area contributed by atoms with E-state index in [0.29, 0.717) is 6.42 Å². The molecule has 4 heteroatoms. The topological polar surface area (TPSA) is 34.1 Å². The molecule has 72 valence electrons. The van der Waals surface area contributed by atoms with E-state index in [-0.39, 0.29) is 6.42 Å². The number of rotatable bonds is 6. The molecule has 0 bridgehead atoms. The largest absolute Gasteiger partial charge is 0.246 e. The summed E-state index contributed by atoms with van der Waals surface area (Å²) in [5.74, 6) is 0. The van der Waals surface area contributed by atoms with Crippen molar-refractivity contribution in [3.8, 4) is 0 Å². The Morgan fingerprint density at radius 1 is 1.17 bits per heavy atom. The van der Waals surface area contributed by atoms with Crippen LogP contribution in [0, 0.1) is 0 Å². The van der Waals surface area contributed by atoms with E-state index in [4.69, 9.17) is 0 Å². The van der Waals surface area contributed by atoms with Gasteiger partial charge in [0.1, 0.15) is 0 Å². The van der Waals surface area contributed by atoms with Crippen molar-refractivity contribution in [3.05, 3.63) is 0 Å². The molecule has 0 saturated carbocycles. The summed E-state index contributed by atoms with van der Waals surface area (Å²) in [6.07, 6.45) is 4.97. The predicted octanol–water partition coefficient (Wildman–Crippen LogP) is 2.33. The molecule has 2 nitrogen and oxygen atoms in total. The summed E-state index contributed by atoms with van der Waals surface area (Å²) in [6.45, 7) is 2.10. The zero-order chi connectivity index (χ0) is 9.40. The van der Waals surface area contributed by atoms with Crippen molar-refractivity contribution in [3.63, 3.8) is 0 Å². The van der Waals surface area contributed by atoms with Gasteiger partial charge in [0.15, 0.2) is 0 Å². The van der Waals surface area contributed by atoms with Crippen molar-refractivity contribution in [1.82, 2.24) is 0 Å². The second-order valence-electron chi connectivity index (χ2n) is 2.75. The molecule has 0 radical (unpaired) electrons. The average molecular weight is 194 g/mol. The molecule has 0 unspecified atom stereocenters. The molecule has 0 atom stereocenters. The summed E-state index contributed by atoms with van der Waals surface area (Å²) in [7, 11) is -2.62. The van der Waals surface area contributed by atoms with E-state index in [2.05, 4.69) is 6.92 Å². The Bertz CT molecular complexity index is 223. The molecule has 0 fully saturated rings. The summed E-state index contributed by atoms with van der Waals surface area (Å²) < 4.78 is 32.4. The first-order valence-electron chi connectivity index (χ1n) is 4.29. The highest BCUT2D eigenvalue weighted by molar-refractivity contribution is 7.72. The highest BCUT2D eigenvalue weighted by Gasteiger charge is 1.97. The standard InChI is InChI=1S/C8H15FO2S/c1-2-3-4-5-6-7-8(9)12(10)11/h2-7H2,1H3. The van der Waals surface area contributed by atoms with Crippen molar-refractivity contribution in [1.29, 1.82) is 0 Å². The minimum atomic E-state index is -2.62. The van der Waals surface area contributed by atoms with E-state index in [0.717, 1.165) is 25.7 Å². The van der Waals surface area contributed by atoms with Crippen LogP contribution in [0.4, 0.5) is 4.39 Å². The van der Waals surface area contributed by atoms with Crippen LogP contribution in [-0.4, -0.2) is 13.5 Å². The first-order valence-corrected chi connectivity index (χ1v) is 5.36. The molecule has 0 aromatic carbocycles. The fraction of sp³-hybridized carbons (Fsp3) is 0.875. The second kappa shape index (κ2) is 7.28. The zero-order valence-electron chi connectivity index (χ0n) is 7.35. The van der Waals surface area contributed by atoms with Crippen molar-refractivity contribution in [2.45, 2.75) is 45.4 Å². The Balaban J connectivity index is 3.39. The van der Waals surface area contributed by atoms with E-state index < -0.39 is 15.4 Å². The predicted molar refractivity (Wildman–Crippen MR) is 48.4 cm³/mol. The third-order valence-electron chi connectivity index (χ3n) is 1.66. The van der Waals surface area contributed by atoms with E-state index in [1.807, 2.05) is 0 Å². The lowest BCUT2D eigenvalue weighted by Crippen LogP contribution is -1.90. The van der Waals surface area contributed by atoms with Crippen molar-refractivity contribution >= 4 is 15.4 Å². The molecule has 0 saturated heterocycles. The highest BCUT2D eigenvalue weighted by Crippen LogP contribution is 2.05. The smallest absolute Gasteiger partial charge is 0.194 e. The molecular weight excluding hydrogens is 179 g/mol. The van der Waals surface area contributed by atoms with Gasteiger partial charge in [0.2, 0.25) is 15.4 Å². The summed E-state index contributed by atoms with van der Waals surface area (Å²) in [6, 6.07) is 0. The Hall–Kier alpha value is -0.380. The number of halogens is 1. The third kappa shape index (κ3) is 6.34. The molecule has 0 spiro atoms. The lowest BCUT2D eigenvalue weighted by Gasteiger charge is -1.95. The van der Waals surface area contributed by atoms with Gasteiger partial charge in [-0.3, -0.25) is 0 Å². The molecule has 0 rings (SSSR count). The molecule has 0 aromatic heterocycles. The maximum atomic E-state index is 12.3. The van der Waals surface area contributed by atoms with Crippen LogP contribution in [0.15, 0.2) is 0 Å². The quantitative estimate of drug-likeness (QED) is 0.369. The van der Waals surface area contributed by atoms with Gasteiger partial charge in [-0.05, 0) is 6.42 Å². The lowest BCUT2D eigenvalue weighted by atomic mass is 10.1. The molecule has 0 aliphatic heterocycles. The number of unbranched alkanes of at least 4 members (excludes halogenated alkanes) is 4. The SMILES string of the molecule is CCCCCCCC(F)=S(=O)=O.